The van der Waals surface area contributed by atoms with E-state index in [0.717, 1.165) is 54.9 Å². The second-order valence-electron chi connectivity index (χ2n) is 8.29. The summed E-state index contributed by atoms with van der Waals surface area (Å²) in [6.45, 7) is 5.54. The van der Waals surface area contributed by atoms with Gasteiger partial charge in [0.2, 0.25) is 0 Å². The molecule has 1 saturated heterocycles. The monoisotopic (exact) mass is 481 g/mol. The summed E-state index contributed by atoms with van der Waals surface area (Å²) in [5, 5.41) is 13.2. The molecule has 1 aliphatic heterocycles. The molecule has 0 aliphatic carbocycles. The van der Waals surface area contributed by atoms with Gasteiger partial charge in [0.15, 0.2) is 0 Å². The predicted octanol–water partition coefficient (Wildman–Crippen LogP) is 5.55. The van der Waals surface area contributed by atoms with E-state index >= 15 is 0 Å². The van der Waals surface area contributed by atoms with Crippen molar-refractivity contribution >= 4 is 29.0 Å². The first-order valence-electron chi connectivity index (χ1n) is 11.1. The summed E-state index contributed by atoms with van der Waals surface area (Å²) in [5.74, 6) is 0.404. The third-order valence-corrected chi connectivity index (χ3v) is 6.95. The van der Waals surface area contributed by atoms with Crippen molar-refractivity contribution in [3.8, 4) is 33.6 Å². The number of nitrogens with two attached hydrogens (primary N) is 1. The van der Waals surface area contributed by atoms with Gasteiger partial charge in [-0.3, -0.25) is 9.78 Å². The minimum atomic E-state index is 0.404. The van der Waals surface area contributed by atoms with Crippen molar-refractivity contribution < 1.29 is 0 Å². The van der Waals surface area contributed by atoms with Crippen molar-refractivity contribution in [3.63, 3.8) is 0 Å². The molecule has 0 unspecified atom stereocenters. The van der Waals surface area contributed by atoms with E-state index in [1.54, 1.807) is 18.3 Å². The largest absolute Gasteiger partial charge is 0.383 e. The van der Waals surface area contributed by atoms with Crippen LogP contribution in [0.3, 0.4) is 0 Å². The molecule has 0 bridgehead atoms. The Hall–Kier alpha value is -2.87. The van der Waals surface area contributed by atoms with Gasteiger partial charge < -0.3 is 10.6 Å². The van der Waals surface area contributed by atoms with Crippen LogP contribution in [-0.2, 0) is 0 Å². The van der Waals surface area contributed by atoms with Crippen LogP contribution in [0.2, 0.25) is 10.0 Å². The van der Waals surface area contributed by atoms with Crippen LogP contribution in [0.4, 0.5) is 5.82 Å². The number of hydrogen-bond donors (Lipinski definition) is 2. The maximum absolute atomic E-state index is 6.36. The Balaban J connectivity index is 1.42. The molecule has 9 heteroatoms. The maximum Gasteiger partial charge on any atom is 0.132 e. The molecule has 4 heterocycles. The van der Waals surface area contributed by atoms with Crippen molar-refractivity contribution in [1.29, 1.82) is 0 Å². The van der Waals surface area contributed by atoms with Gasteiger partial charge in [0, 0.05) is 47.7 Å². The number of likely N-dealkylation sites (tertiary alicyclic amines) is 1. The zero-order chi connectivity index (χ0) is 22.9. The number of H-pyrrole nitrogens is 1. The van der Waals surface area contributed by atoms with E-state index in [2.05, 4.69) is 43.0 Å². The van der Waals surface area contributed by atoms with Gasteiger partial charge in [0.25, 0.3) is 0 Å². The lowest BCUT2D eigenvalue weighted by Crippen LogP contribution is -2.34. The number of anilines is 1. The van der Waals surface area contributed by atoms with E-state index < -0.39 is 0 Å². The summed E-state index contributed by atoms with van der Waals surface area (Å²) in [4.78, 5) is 6.90. The van der Waals surface area contributed by atoms with Crippen molar-refractivity contribution in [2.45, 2.75) is 25.8 Å². The van der Waals surface area contributed by atoms with Gasteiger partial charge in [-0.25, -0.2) is 4.98 Å². The number of pyridine rings is 1. The summed E-state index contributed by atoms with van der Waals surface area (Å²) in [6.07, 6.45) is 7.99. The highest BCUT2D eigenvalue weighted by atomic mass is 35.5. The van der Waals surface area contributed by atoms with E-state index in [0.29, 0.717) is 33.2 Å². The Kier molecular flexibility index (Phi) is 6.10. The Labute approximate surface area is 202 Å². The fourth-order valence-electron chi connectivity index (χ4n) is 4.37. The molecular weight excluding hydrogens is 457 g/mol. The molecule has 0 spiro atoms. The minimum Gasteiger partial charge on any atom is -0.383 e. The normalized spacial score (nSPS) is 15.2. The van der Waals surface area contributed by atoms with Crippen molar-refractivity contribution in [3.05, 3.63) is 59.0 Å². The van der Waals surface area contributed by atoms with Gasteiger partial charge in [0.1, 0.15) is 5.82 Å². The first kappa shape index (κ1) is 21.9. The molecule has 1 aliphatic rings. The average molecular weight is 482 g/mol. The Morgan fingerprint density at radius 3 is 2.58 bits per heavy atom. The standard InChI is InChI=1S/C24H25Cl2N7/c1-2-32-8-6-17(7-9-32)33-14-16(13-29-33)15-10-18(24(27)28-12-15)21-11-22(31-30-21)23-19(25)4-3-5-20(23)26/h3-5,10-14,17H,2,6-9H2,1H3,(H2,27,28)(H,30,31). The zero-order valence-electron chi connectivity index (χ0n) is 18.3. The van der Waals surface area contributed by atoms with Gasteiger partial charge in [-0.1, -0.05) is 36.2 Å². The average Bonchev–Trinajstić information content (AvgIpc) is 3.50. The fourth-order valence-corrected chi connectivity index (χ4v) is 4.97. The van der Waals surface area contributed by atoms with Crippen LogP contribution in [-0.4, -0.2) is 49.5 Å². The fraction of sp³-hybridized carbons (Fsp3) is 0.292. The highest BCUT2D eigenvalue weighted by Crippen LogP contribution is 2.36. The SMILES string of the molecule is CCN1CCC(n2cc(-c3cnc(N)c(-c4cc(-c5c(Cl)cccc5Cl)[nH]n4)c3)cn2)CC1. The maximum atomic E-state index is 6.36. The summed E-state index contributed by atoms with van der Waals surface area (Å²) < 4.78 is 2.09. The van der Waals surface area contributed by atoms with Crippen LogP contribution < -0.4 is 5.73 Å². The first-order valence-corrected chi connectivity index (χ1v) is 11.8. The molecule has 0 atom stereocenters. The molecule has 1 fully saturated rings. The molecule has 33 heavy (non-hydrogen) atoms. The molecule has 0 radical (unpaired) electrons. The number of piperidine rings is 1. The third-order valence-electron chi connectivity index (χ3n) is 6.32. The van der Waals surface area contributed by atoms with Crippen molar-refractivity contribution in [1.82, 2.24) is 29.9 Å². The molecule has 7 nitrogen and oxygen atoms in total. The van der Waals surface area contributed by atoms with Gasteiger partial charge in [-0.2, -0.15) is 10.2 Å². The van der Waals surface area contributed by atoms with E-state index in [9.17, 15) is 0 Å². The van der Waals surface area contributed by atoms with Crippen LogP contribution in [0.1, 0.15) is 25.8 Å². The number of benzene rings is 1. The number of aromatic nitrogens is 5. The highest BCUT2D eigenvalue weighted by Gasteiger charge is 2.21. The van der Waals surface area contributed by atoms with Crippen LogP contribution >= 0.6 is 23.2 Å². The molecule has 3 aromatic heterocycles. The smallest absolute Gasteiger partial charge is 0.132 e. The molecule has 1 aromatic carbocycles. The summed E-state index contributed by atoms with van der Waals surface area (Å²) in [5.41, 5.74) is 11.0. The lowest BCUT2D eigenvalue weighted by molar-refractivity contribution is 0.187. The zero-order valence-corrected chi connectivity index (χ0v) is 19.8. The lowest BCUT2D eigenvalue weighted by atomic mass is 10.0. The Morgan fingerprint density at radius 1 is 1.09 bits per heavy atom. The second-order valence-corrected chi connectivity index (χ2v) is 9.11. The predicted molar refractivity (Wildman–Crippen MR) is 133 cm³/mol. The number of rotatable bonds is 5. The number of halogens is 2. The summed E-state index contributed by atoms with van der Waals surface area (Å²) in [6, 6.07) is 9.71. The van der Waals surface area contributed by atoms with Gasteiger partial charge >= 0.3 is 0 Å². The van der Waals surface area contributed by atoms with Crippen molar-refractivity contribution in [2.75, 3.05) is 25.4 Å². The number of nitrogen functional groups attached to an aromatic ring is 1. The van der Waals surface area contributed by atoms with E-state index in [1.807, 2.05) is 24.4 Å². The van der Waals surface area contributed by atoms with Crippen LogP contribution in [0, 0.1) is 0 Å². The summed E-state index contributed by atoms with van der Waals surface area (Å²) >= 11 is 12.7. The molecule has 170 valence electrons. The van der Waals surface area contributed by atoms with Gasteiger partial charge in [-0.15, -0.1) is 0 Å². The quantitative estimate of drug-likeness (QED) is 0.390. The third kappa shape index (κ3) is 4.36. The minimum absolute atomic E-state index is 0.404. The highest BCUT2D eigenvalue weighted by molar-refractivity contribution is 6.39. The number of hydrogen-bond acceptors (Lipinski definition) is 5. The topological polar surface area (TPSA) is 88.6 Å². The molecule has 5 rings (SSSR count). The Morgan fingerprint density at radius 2 is 1.85 bits per heavy atom. The Bertz CT molecular complexity index is 1250. The number of nitrogens with one attached hydrogen (secondary N) is 1. The molecule has 0 saturated carbocycles. The van der Waals surface area contributed by atoms with Gasteiger partial charge in [0.05, 0.1) is 33.7 Å². The molecular formula is C24H25Cl2N7. The van der Waals surface area contributed by atoms with Gasteiger partial charge in [-0.05, 0) is 43.7 Å². The van der Waals surface area contributed by atoms with Crippen LogP contribution in [0.25, 0.3) is 33.6 Å². The molecule has 3 N–H and O–H groups in total. The van der Waals surface area contributed by atoms with Crippen LogP contribution in [0.5, 0.6) is 0 Å². The second kappa shape index (κ2) is 9.17. The van der Waals surface area contributed by atoms with E-state index in [1.165, 1.54) is 0 Å². The summed E-state index contributed by atoms with van der Waals surface area (Å²) in [7, 11) is 0. The lowest BCUT2D eigenvalue weighted by Gasteiger charge is -2.31. The van der Waals surface area contributed by atoms with Crippen molar-refractivity contribution in [2.24, 2.45) is 0 Å². The molecule has 4 aromatic rings. The van der Waals surface area contributed by atoms with E-state index in [-0.39, 0.29) is 0 Å². The number of aromatic amines is 1. The molecule has 0 amide bonds. The first-order chi connectivity index (χ1) is 16.0. The van der Waals surface area contributed by atoms with Crippen LogP contribution in [0.15, 0.2) is 48.9 Å². The number of nitrogens with zero attached hydrogens (tertiary/aromatic N) is 5. The van der Waals surface area contributed by atoms with E-state index in [4.69, 9.17) is 28.9 Å².